The number of hydrogen-bond donors (Lipinski definition) is 0. The Bertz CT molecular complexity index is 783. The molecule has 0 saturated carbocycles. The van der Waals surface area contributed by atoms with Crippen molar-refractivity contribution in [1.82, 2.24) is 4.98 Å². The van der Waals surface area contributed by atoms with Gasteiger partial charge in [-0.2, -0.15) is 0 Å². The van der Waals surface area contributed by atoms with Gasteiger partial charge in [-0.25, -0.2) is 4.98 Å². The molecule has 1 unspecified atom stereocenters. The fourth-order valence-electron chi connectivity index (χ4n) is 3.17. The van der Waals surface area contributed by atoms with Crippen LogP contribution < -0.4 is 4.90 Å². The normalized spacial score (nSPS) is 18.5. The maximum absolute atomic E-state index is 12.7. The molecular weight excluding hydrogens is 316 g/mol. The fraction of sp³-hybridized carbons (Fsp3) is 0.300. The second-order valence-corrected chi connectivity index (χ2v) is 7.92. The van der Waals surface area contributed by atoms with Gasteiger partial charge in [0.2, 0.25) is 0 Å². The molecule has 24 heavy (non-hydrogen) atoms. The number of aromatic nitrogens is 1. The van der Waals surface area contributed by atoms with Gasteiger partial charge in [0.25, 0.3) is 0 Å². The minimum Gasteiger partial charge on any atom is -0.347 e. The van der Waals surface area contributed by atoms with Gasteiger partial charge in [0.05, 0.1) is 10.3 Å². The summed E-state index contributed by atoms with van der Waals surface area (Å²) in [7, 11) is 2.03. The van der Waals surface area contributed by atoms with Crippen molar-refractivity contribution < 1.29 is 4.79 Å². The highest BCUT2D eigenvalue weighted by Gasteiger charge is 2.38. The highest BCUT2D eigenvalue weighted by molar-refractivity contribution is 8.00. The van der Waals surface area contributed by atoms with Crippen LogP contribution in [0, 0.1) is 0 Å². The minimum atomic E-state index is -0.170. The number of likely N-dealkylation sites (N-methyl/N-ethyl adjacent to an activating group) is 1. The number of ketones is 1. The van der Waals surface area contributed by atoms with Gasteiger partial charge in [-0.15, -0.1) is 0 Å². The molecule has 3 nitrogen and oxygen atoms in total. The number of fused-ring (bicyclic) bond motifs is 1. The summed E-state index contributed by atoms with van der Waals surface area (Å²) in [5.41, 5.74) is 3.31. The highest BCUT2D eigenvalue weighted by atomic mass is 32.2. The Hall–Kier alpha value is -2.07. The molecule has 0 radical (unpaired) electrons. The van der Waals surface area contributed by atoms with Crippen LogP contribution in [-0.4, -0.2) is 23.1 Å². The molecule has 3 rings (SSSR count). The van der Waals surface area contributed by atoms with Crippen LogP contribution >= 0.6 is 11.8 Å². The Morgan fingerprint density at radius 1 is 1.21 bits per heavy atom. The van der Waals surface area contributed by atoms with Crippen LogP contribution in [0.1, 0.15) is 26.3 Å². The van der Waals surface area contributed by atoms with Crippen molar-refractivity contribution in [3.05, 3.63) is 66.0 Å². The van der Waals surface area contributed by atoms with E-state index in [1.165, 1.54) is 23.0 Å². The Morgan fingerprint density at radius 2 is 1.92 bits per heavy atom. The molecule has 0 amide bonds. The van der Waals surface area contributed by atoms with Gasteiger partial charge in [0.1, 0.15) is 0 Å². The maximum Gasteiger partial charge on any atom is 0.170 e. The second-order valence-electron chi connectivity index (χ2n) is 6.56. The average Bonchev–Trinajstić information content (AvgIpc) is 2.77. The van der Waals surface area contributed by atoms with Gasteiger partial charge in [-0.1, -0.05) is 49.9 Å². The highest BCUT2D eigenvalue weighted by Crippen LogP contribution is 2.46. The van der Waals surface area contributed by atoms with Crippen molar-refractivity contribution in [3.8, 4) is 0 Å². The van der Waals surface area contributed by atoms with Crippen molar-refractivity contribution >= 4 is 23.2 Å². The molecule has 0 saturated heterocycles. The van der Waals surface area contributed by atoms with Crippen LogP contribution in [0.15, 0.2) is 65.5 Å². The van der Waals surface area contributed by atoms with Crippen LogP contribution in [0.3, 0.4) is 0 Å². The Labute approximate surface area is 147 Å². The number of thioether (sulfide) groups is 1. The molecule has 0 N–H and O–H groups in total. The van der Waals surface area contributed by atoms with E-state index in [0.717, 1.165) is 10.7 Å². The zero-order chi connectivity index (χ0) is 17.3. The molecule has 1 atom stereocenters. The van der Waals surface area contributed by atoms with Crippen LogP contribution in [0.4, 0.5) is 5.69 Å². The molecule has 0 spiro atoms. The van der Waals surface area contributed by atoms with Crippen molar-refractivity contribution in [1.29, 1.82) is 0 Å². The van der Waals surface area contributed by atoms with Gasteiger partial charge < -0.3 is 4.90 Å². The molecule has 124 valence electrons. The largest absolute Gasteiger partial charge is 0.347 e. The first-order valence-corrected chi connectivity index (χ1v) is 8.96. The van der Waals surface area contributed by atoms with Crippen LogP contribution in [0.25, 0.3) is 0 Å². The van der Waals surface area contributed by atoms with Crippen molar-refractivity contribution in [3.63, 3.8) is 0 Å². The van der Waals surface area contributed by atoms with Gasteiger partial charge in [0, 0.05) is 36.1 Å². The van der Waals surface area contributed by atoms with Crippen LogP contribution in [0.5, 0.6) is 0 Å². The van der Waals surface area contributed by atoms with E-state index in [4.69, 9.17) is 0 Å². The molecule has 1 aliphatic rings. The monoisotopic (exact) mass is 338 g/mol. The molecule has 2 aromatic rings. The average molecular weight is 338 g/mol. The summed E-state index contributed by atoms with van der Waals surface area (Å²) in [6, 6.07) is 14.1. The van der Waals surface area contributed by atoms with Gasteiger partial charge >= 0.3 is 0 Å². The molecule has 2 heterocycles. The lowest BCUT2D eigenvalue weighted by atomic mass is 9.83. The van der Waals surface area contributed by atoms with Crippen LogP contribution in [0.2, 0.25) is 0 Å². The molecule has 1 aromatic carbocycles. The number of benzene rings is 1. The topological polar surface area (TPSA) is 33.2 Å². The quantitative estimate of drug-likeness (QED) is 0.609. The van der Waals surface area contributed by atoms with Crippen molar-refractivity contribution in [2.45, 2.75) is 36.5 Å². The molecule has 0 aliphatic carbocycles. The first kappa shape index (κ1) is 16.8. The summed E-state index contributed by atoms with van der Waals surface area (Å²) < 4.78 is 0. The van der Waals surface area contributed by atoms with E-state index in [-0.39, 0.29) is 16.4 Å². The van der Waals surface area contributed by atoms with Gasteiger partial charge in [-0.3, -0.25) is 4.79 Å². The summed E-state index contributed by atoms with van der Waals surface area (Å²) in [6.45, 7) is 6.28. The predicted octanol–water partition coefficient (Wildman–Crippen LogP) is 4.44. The van der Waals surface area contributed by atoms with E-state index < -0.39 is 0 Å². The van der Waals surface area contributed by atoms with E-state index in [9.17, 15) is 4.79 Å². The standard InChI is InChI=1S/C20H22N2OS/c1-14(24-19-11-7-8-12-21-19)17(23)13-18-20(2,3)15-9-5-6-10-16(15)22(18)4/h5-14H,1-4H3/b18-13+. The molecule has 1 aliphatic heterocycles. The van der Waals surface area contributed by atoms with Crippen molar-refractivity contribution in [2.24, 2.45) is 0 Å². The summed E-state index contributed by atoms with van der Waals surface area (Å²) in [6.07, 6.45) is 3.56. The summed E-state index contributed by atoms with van der Waals surface area (Å²) in [4.78, 5) is 19.2. The third-order valence-corrected chi connectivity index (χ3v) is 5.62. The number of allylic oxidation sites excluding steroid dienone is 2. The molecule has 0 fully saturated rings. The van der Waals surface area contributed by atoms with E-state index in [0.29, 0.717) is 0 Å². The van der Waals surface area contributed by atoms with Crippen molar-refractivity contribution in [2.75, 3.05) is 11.9 Å². The molecule has 0 bridgehead atoms. The predicted molar refractivity (Wildman–Crippen MR) is 101 cm³/mol. The molecular formula is C20H22N2OS. The molecule has 4 heteroatoms. The Balaban J connectivity index is 1.84. The number of pyridine rings is 1. The zero-order valence-electron chi connectivity index (χ0n) is 14.5. The zero-order valence-corrected chi connectivity index (χ0v) is 15.3. The third kappa shape index (κ3) is 2.98. The number of anilines is 1. The summed E-state index contributed by atoms with van der Waals surface area (Å²) in [5.74, 6) is 0.119. The number of nitrogens with zero attached hydrogens (tertiary/aromatic N) is 2. The lowest BCUT2D eigenvalue weighted by Crippen LogP contribution is -2.25. The first-order valence-electron chi connectivity index (χ1n) is 8.08. The second kappa shape index (κ2) is 6.44. The fourth-order valence-corrected chi connectivity index (χ4v) is 3.99. The summed E-state index contributed by atoms with van der Waals surface area (Å²) >= 11 is 1.50. The number of rotatable bonds is 4. The van der Waals surface area contributed by atoms with E-state index in [1.54, 1.807) is 12.3 Å². The molecule has 1 aromatic heterocycles. The lowest BCUT2D eigenvalue weighted by molar-refractivity contribution is -0.113. The van der Waals surface area contributed by atoms with Gasteiger partial charge in [-0.05, 0) is 30.7 Å². The third-order valence-electron chi connectivity index (χ3n) is 4.56. The number of carbonyl (C=O) groups is 1. The lowest BCUT2D eigenvalue weighted by Gasteiger charge is -2.24. The smallest absolute Gasteiger partial charge is 0.170 e. The number of hydrogen-bond acceptors (Lipinski definition) is 4. The Morgan fingerprint density at radius 3 is 2.58 bits per heavy atom. The number of para-hydroxylation sites is 1. The first-order chi connectivity index (χ1) is 11.4. The van der Waals surface area contributed by atoms with Crippen LogP contribution in [-0.2, 0) is 10.2 Å². The van der Waals surface area contributed by atoms with Gasteiger partial charge in [0.15, 0.2) is 5.78 Å². The minimum absolute atomic E-state index is 0.119. The number of carbonyl (C=O) groups excluding carboxylic acids is 1. The Kier molecular flexibility index (Phi) is 4.50. The van der Waals surface area contributed by atoms with E-state index in [1.807, 2.05) is 38.2 Å². The van der Waals surface area contributed by atoms with E-state index in [2.05, 4.69) is 41.9 Å². The SMILES string of the molecule is CC(Sc1ccccn1)C(=O)/C=C1/N(C)c2ccccc2C1(C)C. The van der Waals surface area contributed by atoms with E-state index >= 15 is 0 Å². The summed E-state index contributed by atoms with van der Waals surface area (Å²) in [5, 5.41) is 0.708. The maximum atomic E-state index is 12.7.